The molecule has 0 unspecified atom stereocenters. The van der Waals surface area contributed by atoms with Crippen LogP contribution in [0.15, 0.2) is 54.7 Å². The van der Waals surface area contributed by atoms with Crippen molar-refractivity contribution in [1.82, 2.24) is 4.98 Å². The summed E-state index contributed by atoms with van der Waals surface area (Å²) in [6.45, 7) is 1.91. The van der Waals surface area contributed by atoms with Crippen LogP contribution in [0.1, 0.15) is 15.2 Å². The maximum Gasteiger partial charge on any atom is 0.267 e. The lowest BCUT2D eigenvalue weighted by atomic mass is 10.2. The Morgan fingerprint density at radius 3 is 2.61 bits per heavy atom. The molecule has 3 rings (SSSR count). The van der Waals surface area contributed by atoms with Crippen LogP contribution in [0.5, 0.6) is 11.5 Å². The quantitative estimate of drug-likeness (QED) is 0.758. The molecule has 3 N–H and O–H groups in total. The molecule has 1 heterocycles. The standard InChI is InChI=1S/C17H15N3O2S/c1-11-9-13(22-12-5-3-2-4-6-12)7-8-14(11)20-16(21)15-10-19-17(18)23-15/h2-10H,1H3,(H2,18,19)(H,20,21). The molecule has 2 aromatic carbocycles. The van der Waals surface area contributed by atoms with Crippen LogP contribution in [0.4, 0.5) is 10.8 Å². The Hall–Kier alpha value is -2.86. The van der Waals surface area contributed by atoms with Gasteiger partial charge in [0.1, 0.15) is 16.4 Å². The lowest BCUT2D eigenvalue weighted by Gasteiger charge is -2.10. The van der Waals surface area contributed by atoms with Crippen LogP contribution < -0.4 is 15.8 Å². The van der Waals surface area contributed by atoms with Crippen molar-refractivity contribution in [3.05, 3.63) is 65.2 Å². The first-order valence-corrected chi connectivity index (χ1v) is 7.79. The molecule has 1 amide bonds. The largest absolute Gasteiger partial charge is 0.457 e. The molecular formula is C17H15N3O2S. The fraction of sp³-hybridized carbons (Fsp3) is 0.0588. The molecule has 1 aromatic heterocycles. The molecule has 5 nitrogen and oxygen atoms in total. The van der Waals surface area contributed by atoms with Gasteiger partial charge in [-0.15, -0.1) is 0 Å². The SMILES string of the molecule is Cc1cc(Oc2ccccc2)ccc1NC(=O)c1cnc(N)s1. The molecule has 0 fully saturated rings. The number of amides is 1. The summed E-state index contributed by atoms with van der Waals surface area (Å²) in [5.74, 6) is 1.26. The molecule has 0 bridgehead atoms. The van der Waals surface area contributed by atoms with Crippen LogP contribution in [0.3, 0.4) is 0 Å². The Bertz CT molecular complexity index is 831. The lowest BCUT2D eigenvalue weighted by Crippen LogP contribution is -2.11. The van der Waals surface area contributed by atoms with Gasteiger partial charge in [0.25, 0.3) is 5.91 Å². The third-order valence-corrected chi connectivity index (χ3v) is 4.00. The number of ether oxygens (including phenoxy) is 1. The zero-order valence-corrected chi connectivity index (χ0v) is 13.3. The third kappa shape index (κ3) is 3.67. The first-order valence-electron chi connectivity index (χ1n) is 6.98. The van der Waals surface area contributed by atoms with Crippen molar-refractivity contribution in [2.45, 2.75) is 6.92 Å². The van der Waals surface area contributed by atoms with Crippen molar-refractivity contribution in [3.63, 3.8) is 0 Å². The lowest BCUT2D eigenvalue weighted by molar-refractivity contribution is 0.103. The minimum absolute atomic E-state index is 0.223. The van der Waals surface area contributed by atoms with Crippen LogP contribution in [-0.2, 0) is 0 Å². The number of aryl methyl sites for hydroxylation is 1. The van der Waals surface area contributed by atoms with E-state index in [0.29, 0.717) is 15.8 Å². The third-order valence-electron chi connectivity index (χ3n) is 3.17. The van der Waals surface area contributed by atoms with Gasteiger partial charge in [-0.25, -0.2) is 4.98 Å². The van der Waals surface area contributed by atoms with Crippen LogP contribution in [0.2, 0.25) is 0 Å². The van der Waals surface area contributed by atoms with E-state index in [1.54, 1.807) is 0 Å². The maximum absolute atomic E-state index is 12.1. The van der Waals surface area contributed by atoms with Gasteiger partial charge in [0.2, 0.25) is 0 Å². The predicted octanol–water partition coefficient (Wildman–Crippen LogP) is 4.08. The van der Waals surface area contributed by atoms with Gasteiger partial charge >= 0.3 is 0 Å². The van der Waals surface area contributed by atoms with E-state index >= 15 is 0 Å². The molecule has 0 spiro atoms. The summed E-state index contributed by atoms with van der Waals surface area (Å²) < 4.78 is 5.77. The molecule has 116 valence electrons. The van der Waals surface area contributed by atoms with Crippen LogP contribution in [-0.4, -0.2) is 10.9 Å². The maximum atomic E-state index is 12.1. The Balaban J connectivity index is 1.73. The number of carbonyl (C=O) groups excluding carboxylic acids is 1. The number of aromatic nitrogens is 1. The molecule has 0 aliphatic rings. The smallest absolute Gasteiger partial charge is 0.267 e. The second-order valence-electron chi connectivity index (χ2n) is 4.91. The number of carbonyl (C=O) groups is 1. The molecule has 0 atom stereocenters. The first kappa shape index (κ1) is 15.1. The summed E-state index contributed by atoms with van der Waals surface area (Å²) in [6, 6.07) is 15.0. The molecule has 0 saturated carbocycles. The zero-order valence-electron chi connectivity index (χ0n) is 12.4. The van der Waals surface area contributed by atoms with E-state index in [9.17, 15) is 4.79 Å². The topological polar surface area (TPSA) is 77.2 Å². The highest BCUT2D eigenvalue weighted by Gasteiger charge is 2.11. The fourth-order valence-corrected chi connectivity index (χ4v) is 2.62. The monoisotopic (exact) mass is 325 g/mol. The van der Waals surface area contributed by atoms with Gasteiger partial charge < -0.3 is 15.8 Å². The number of nitrogens with two attached hydrogens (primary N) is 1. The summed E-state index contributed by atoms with van der Waals surface area (Å²) in [5.41, 5.74) is 7.17. The Morgan fingerprint density at radius 1 is 1.17 bits per heavy atom. The number of nitrogens with zero attached hydrogens (tertiary/aromatic N) is 1. The zero-order chi connectivity index (χ0) is 16.2. The summed E-state index contributed by atoms with van der Waals surface area (Å²) in [5, 5.41) is 3.22. The average molecular weight is 325 g/mol. The number of rotatable bonds is 4. The molecule has 23 heavy (non-hydrogen) atoms. The van der Waals surface area contributed by atoms with Gasteiger partial charge in [-0.05, 0) is 42.8 Å². The van der Waals surface area contributed by atoms with Crippen molar-refractivity contribution in [1.29, 1.82) is 0 Å². The van der Waals surface area contributed by atoms with Crippen LogP contribution in [0.25, 0.3) is 0 Å². The second-order valence-corrected chi connectivity index (χ2v) is 5.97. The minimum atomic E-state index is -0.223. The molecule has 0 radical (unpaired) electrons. The number of benzene rings is 2. The first-order chi connectivity index (χ1) is 11.1. The molecule has 6 heteroatoms. The van der Waals surface area contributed by atoms with Gasteiger partial charge in [0, 0.05) is 5.69 Å². The summed E-state index contributed by atoms with van der Waals surface area (Å²) in [6.07, 6.45) is 1.47. The highest BCUT2D eigenvalue weighted by atomic mass is 32.1. The number of nitrogen functional groups attached to an aromatic ring is 1. The van der Waals surface area contributed by atoms with E-state index in [4.69, 9.17) is 10.5 Å². The van der Waals surface area contributed by atoms with Crippen molar-refractivity contribution in [2.24, 2.45) is 0 Å². The number of thiazole rings is 1. The number of hydrogen-bond acceptors (Lipinski definition) is 5. The minimum Gasteiger partial charge on any atom is -0.457 e. The average Bonchev–Trinajstić information content (AvgIpc) is 2.98. The van der Waals surface area contributed by atoms with E-state index in [0.717, 1.165) is 28.3 Å². The molecule has 0 aliphatic heterocycles. The van der Waals surface area contributed by atoms with E-state index in [-0.39, 0.29) is 5.91 Å². The van der Waals surface area contributed by atoms with Crippen molar-refractivity contribution in [3.8, 4) is 11.5 Å². The highest BCUT2D eigenvalue weighted by Crippen LogP contribution is 2.26. The highest BCUT2D eigenvalue weighted by molar-refractivity contribution is 7.17. The molecule has 0 saturated heterocycles. The van der Waals surface area contributed by atoms with Gasteiger partial charge in [0.05, 0.1) is 6.20 Å². The summed E-state index contributed by atoms with van der Waals surface area (Å²) in [7, 11) is 0. The predicted molar refractivity (Wildman–Crippen MR) is 92.2 cm³/mol. The Morgan fingerprint density at radius 2 is 1.96 bits per heavy atom. The summed E-state index contributed by atoms with van der Waals surface area (Å²) >= 11 is 1.16. The number of anilines is 2. The molecule has 3 aromatic rings. The van der Waals surface area contributed by atoms with Gasteiger partial charge in [-0.2, -0.15) is 0 Å². The van der Waals surface area contributed by atoms with Crippen LogP contribution >= 0.6 is 11.3 Å². The molecule has 0 aliphatic carbocycles. The van der Waals surface area contributed by atoms with Crippen molar-refractivity contribution >= 4 is 28.1 Å². The van der Waals surface area contributed by atoms with E-state index in [1.165, 1.54) is 6.20 Å². The van der Waals surface area contributed by atoms with Gasteiger partial charge in [0.15, 0.2) is 5.13 Å². The Kier molecular flexibility index (Phi) is 4.25. The van der Waals surface area contributed by atoms with Gasteiger partial charge in [-0.1, -0.05) is 29.5 Å². The van der Waals surface area contributed by atoms with E-state index in [1.807, 2.05) is 55.5 Å². The number of para-hydroxylation sites is 1. The van der Waals surface area contributed by atoms with Crippen molar-refractivity contribution < 1.29 is 9.53 Å². The number of hydrogen-bond donors (Lipinski definition) is 2. The normalized spacial score (nSPS) is 10.3. The van der Waals surface area contributed by atoms with Crippen molar-refractivity contribution in [2.75, 3.05) is 11.1 Å². The molecular weight excluding hydrogens is 310 g/mol. The summed E-state index contributed by atoms with van der Waals surface area (Å²) in [4.78, 5) is 16.5. The van der Waals surface area contributed by atoms with Crippen LogP contribution in [0, 0.1) is 6.92 Å². The fourth-order valence-electron chi connectivity index (χ4n) is 2.04. The Labute approximate surface area is 137 Å². The van der Waals surface area contributed by atoms with E-state index in [2.05, 4.69) is 10.3 Å². The number of nitrogens with one attached hydrogen (secondary N) is 1. The second kappa shape index (κ2) is 6.50. The van der Waals surface area contributed by atoms with E-state index < -0.39 is 0 Å². The van der Waals surface area contributed by atoms with Gasteiger partial charge in [-0.3, -0.25) is 4.79 Å².